The van der Waals surface area contributed by atoms with Crippen LogP contribution < -0.4 is 10.2 Å². The molecule has 0 saturated carbocycles. The Kier molecular flexibility index (Phi) is 7.00. The second-order valence-electron chi connectivity index (χ2n) is 6.93. The van der Waals surface area contributed by atoms with Crippen LogP contribution >= 0.6 is 23.4 Å². The van der Waals surface area contributed by atoms with Crippen molar-refractivity contribution >= 4 is 29.3 Å². The summed E-state index contributed by atoms with van der Waals surface area (Å²) in [6.07, 6.45) is 4.14. The molecule has 0 radical (unpaired) electrons. The summed E-state index contributed by atoms with van der Waals surface area (Å²) < 4.78 is 0. The van der Waals surface area contributed by atoms with Gasteiger partial charge in [-0.1, -0.05) is 35.9 Å². The van der Waals surface area contributed by atoms with E-state index >= 15 is 0 Å². The zero-order valence-electron chi connectivity index (χ0n) is 15.1. The SMILES string of the molecule is CSCc1ccc(C(=O)NC2CC[NH+](Cc3ccc(Cl)cc3)CC2)cc1. The van der Waals surface area contributed by atoms with Crippen LogP contribution in [-0.4, -0.2) is 31.3 Å². The molecule has 1 saturated heterocycles. The van der Waals surface area contributed by atoms with E-state index in [9.17, 15) is 4.79 Å². The third-order valence-electron chi connectivity index (χ3n) is 4.92. The number of rotatable bonds is 6. The van der Waals surface area contributed by atoms with Crippen molar-refractivity contribution in [1.82, 2.24) is 5.32 Å². The van der Waals surface area contributed by atoms with Gasteiger partial charge in [-0.25, -0.2) is 0 Å². The van der Waals surface area contributed by atoms with Crippen molar-refractivity contribution < 1.29 is 9.69 Å². The monoisotopic (exact) mass is 389 g/mol. The van der Waals surface area contributed by atoms with Gasteiger partial charge < -0.3 is 10.2 Å². The highest BCUT2D eigenvalue weighted by atomic mass is 35.5. The first-order chi connectivity index (χ1) is 12.6. The number of quaternary nitrogens is 1. The predicted molar refractivity (Wildman–Crippen MR) is 110 cm³/mol. The smallest absolute Gasteiger partial charge is 0.251 e. The molecular formula is C21H26ClN2OS+. The number of benzene rings is 2. The highest BCUT2D eigenvalue weighted by molar-refractivity contribution is 7.97. The molecule has 2 aromatic carbocycles. The fraction of sp³-hybridized carbons (Fsp3) is 0.381. The lowest BCUT2D eigenvalue weighted by Crippen LogP contribution is -3.12. The lowest BCUT2D eigenvalue weighted by Gasteiger charge is -2.29. The van der Waals surface area contributed by atoms with Crippen molar-refractivity contribution in [2.24, 2.45) is 0 Å². The van der Waals surface area contributed by atoms with Gasteiger partial charge in [0.05, 0.1) is 13.1 Å². The fourth-order valence-corrected chi connectivity index (χ4v) is 4.08. The molecule has 1 heterocycles. The van der Waals surface area contributed by atoms with Crippen LogP contribution in [0.5, 0.6) is 0 Å². The van der Waals surface area contributed by atoms with Crippen LogP contribution in [0, 0.1) is 0 Å². The molecule has 0 bridgehead atoms. The first-order valence-corrected chi connectivity index (χ1v) is 10.9. The normalized spacial score (nSPS) is 19.9. The number of hydrogen-bond acceptors (Lipinski definition) is 2. The van der Waals surface area contributed by atoms with Gasteiger partial charge in [0.15, 0.2) is 0 Å². The van der Waals surface area contributed by atoms with E-state index in [1.807, 2.05) is 36.4 Å². The van der Waals surface area contributed by atoms with Gasteiger partial charge in [-0.2, -0.15) is 11.8 Å². The Morgan fingerprint density at radius 2 is 1.69 bits per heavy atom. The summed E-state index contributed by atoms with van der Waals surface area (Å²) in [4.78, 5) is 14.0. The molecule has 1 aliphatic heterocycles. The molecule has 1 amide bonds. The number of carbonyl (C=O) groups is 1. The maximum atomic E-state index is 12.5. The van der Waals surface area contributed by atoms with Gasteiger partial charge in [-0.15, -0.1) is 0 Å². The van der Waals surface area contributed by atoms with E-state index in [-0.39, 0.29) is 11.9 Å². The molecule has 26 heavy (non-hydrogen) atoms. The highest BCUT2D eigenvalue weighted by Gasteiger charge is 2.23. The molecule has 1 fully saturated rings. The summed E-state index contributed by atoms with van der Waals surface area (Å²) >= 11 is 7.74. The molecule has 2 aromatic rings. The minimum Gasteiger partial charge on any atom is -0.349 e. The van der Waals surface area contributed by atoms with Crippen molar-refractivity contribution in [2.45, 2.75) is 31.2 Å². The standard InChI is InChI=1S/C21H25ClN2OS/c1-26-15-17-2-6-18(7-3-17)21(25)23-20-10-12-24(13-11-20)14-16-4-8-19(22)9-5-16/h2-9,20H,10-15H2,1H3,(H,23,25)/p+1. The third-order valence-corrected chi connectivity index (χ3v) is 5.80. The van der Waals surface area contributed by atoms with Crippen molar-refractivity contribution in [3.8, 4) is 0 Å². The molecule has 3 rings (SSSR count). The largest absolute Gasteiger partial charge is 0.349 e. The summed E-state index contributed by atoms with van der Waals surface area (Å²) in [5.74, 6) is 1.03. The van der Waals surface area contributed by atoms with Crippen LogP contribution in [0.1, 0.15) is 34.3 Å². The summed E-state index contributed by atoms with van der Waals surface area (Å²) in [5.41, 5.74) is 3.33. The molecule has 1 aliphatic rings. The maximum Gasteiger partial charge on any atom is 0.251 e. The maximum absolute atomic E-state index is 12.5. The van der Waals surface area contributed by atoms with Crippen molar-refractivity contribution in [2.75, 3.05) is 19.3 Å². The molecule has 0 aliphatic carbocycles. The predicted octanol–water partition coefficient (Wildman–Crippen LogP) is 3.18. The molecular weight excluding hydrogens is 364 g/mol. The van der Waals surface area contributed by atoms with E-state index in [1.165, 1.54) is 11.1 Å². The van der Waals surface area contributed by atoms with Gasteiger partial charge in [0.2, 0.25) is 0 Å². The minimum atomic E-state index is 0.0480. The van der Waals surface area contributed by atoms with Gasteiger partial charge in [-0.3, -0.25) is 4.79 Å². The second kappa shape index (κ2) is 9.45. The van der Waals surface area contributed by atoms with Crippen LogP contribution in [0.2, 0.25) is 5.02 Å². The van der Waals surface area contributed by atoms with E-state index in [0.717, 1.165) is 48.8 Å². The molecule has 0 aromatic heterocycles. The number of hydrogen-bond donors (Lipinski definition) is 2. The Bertz CT molecular complexity index is 710. The quantitative estimate of drug-likeness (QED) is 0.795. The van der Waals surface area contributed by atoms with E-state index in [1.54, 1.807) is 16.7 Å². The molecule has 2 N–H and O–H groups in total. The Labute approximate surface area is 165 Å². The lowest BCUT2D eigenvalue weighted by molar-refractivity contribution is -0.918. The van der Waals surface area contributed by atoms with Crippen molar-refractivity contribution in [3.05, 3.63) is 70.2 Å². The van der Waals surface area contributed by atoms with E-state index in [4.69, 9.17) is 11.6 Å². The van der Waals surface area contributed by atoms with Crippen LogP contribution in [0.3, 0.4) is 0 Å². The van der Waals surface area contributed by atoms with E-state index in [2.05, 4.69) is 23.7 Å². The number of amides is 1. The lowest BCUT2D eigenvalue weighted by atomic mass is 10.0. The molecule has 0 atom stereocenters. The summed E-state index contributed by atoms with van der Waals surface area (Å²) in [6.45, 7) is 3.19. The molecule has 5 heteroatoms. The highest BCUT2D eigenvalue weighted by Crippen LogP contribution is 2.12. The first-order valence-electron chi connectivity index (χ1n) is 9.11. The van der Waals surface area contributed by atoms with E-state index < -0.39 is 0 Å². The van der Waals surface area contributed by atoms with Gasteiger partial charge in [0, 0.05) is 40.8 Å². The zero-order valence-corrected chi connectivity index (χ0v) is 16.7. The van der Waals surface area contributed by atoms with Gasteiger partial charge >= 0.3 is 0 Å². The number of likely N-dealkylation sites (tertiary alicyclic amines) is 1. The summed E-state index contributed by atoms with van der Waals surface area (Å²) in [7, 11) is 0. The van der Waals surface area contributed by atoms with Crippen molar-refractivity contribution in [3.63, 3.8) is 0 Å². The van der Waals surface area contributed by atoms with Crippen LogP contribution in [0.4, 0.5) is 0 Å². The number of thioether (sulfide) groups is 1. The first kappa shape index (κ1) is 19.3. The van der Waals surface area contributed by atoms with Gasteiger partial charge in [-0.05, 0) is 36.1 Å². The topological polar surface area (TPSA) is 33.5 Å². The second-order valence-corrected chi connectivity index (χ2v) is 8.23. The van der Waals surface area contributed by atoms with Crippen LogP contribution in [0.25, 0.3) is 0 Å². The van der Waals surface area contributed by atoms with Gasteiger partial charge in [0.1, 0.15) is 6.54 Å². The number of carbonyl (C=O) groups excluding carboxylic acids is 1. The Balaban J connectivity index is 1.45. The number of halogens is 1. The van der Waals surface area contributed by atoms with Crippen LogP contribution in [0.15, 0.2) is 48.5 Å². The van der Waals surface area contributed by atoms with E-state index in [0.29, 0.717) is 0 Å². The van der Waals surface area contributed by atoms with Gasteiger partial charge in [0.25, 0.3) is 5.91 Å². The Morgan fingerprint density at radius 1 is 1.08 bits per heavy atom. The average Bonchev–Trinajstić information content (AvgIpc) is 2.66. The Hall–Kier alpha value is -1.49. The zero-order chi connectivity index (χ0) is 18.4. The third kappa shape index (κ3) is 5.50. The Morgan fingerprint density at radius 3 is 2.31 bits per heavy atom. The molecule has 3 nitrogen and oxygen atoms in total. The number of piperidine rings is 1. The number of nitrogens with one attached hydrogen (secondary N) is 2. The molecule has 0 unspecified atom stereocenters. The van der Waals surface area contributed by atoms with Crippen LogP contribution in [-0.2, 0) is 12.3 Å². The molecule has 0 spiro atoms. The summed E-state index contributed by atoms with van der Waals surface area (Å²) in [5, 5.41) is 3.99. The minimum absolute atomic E-state index is 0.0480. The summed E-state index contributed by atoms with van der Waals surface area (Å²) in [6, 6.07) is 16.3. The van der Waals surface area contributed by atoms with Crippen molar-refractivity contribution in [1.29, 1.82) is 0 Å². The molecule has 138 valence electrons. The fourth-order valence-electron chi connectivity index (χ4n) is 3.43. The average molecular weight is 390 g/mol.